The molecule has 0 aliphatic carbocycles. The van der Waals surface area contributed by atoms with Gasteiger partial charge in [0, 0.05) is 10.3 Å². The van der Waals surface area contributed by atoms with Gasteiger partial charge in [-0.25, -0.2) is 9.78 Å². The second kappa shape index (κ2) is 5.05. The van der Waals surface area contributed by atoms with Crippen molar-refractivity contribution < 1.29 is 19.8 Å². The summed E-state index contributed by atoms with van der Waals surface area (Å²) in [5.74, 6) is -2.19. The van der Waals surface area contributed by atoms with Crippen molar-refractivity contribution >= 4 is 34.6 Å². The smallest absolute Gasteiger partial charge is 0.354 e. The number of para-hydroxylation sites is 1. The third-order valence-corrected chi connectivity index (χ3v) is 3.29. The largest absolute Gasteiger partial charge is 0.481 e. The fraction of sp³-hybridized carbons (Fsp3) is 0.0833. The minimum absolute atomic E-state index is 0.0819. The highest BCUT2D eigenvalue weighted by Gasteiger charge is 2.11. The summed E-state index contributed by atoms with van der Waals surface area (Å²) in [6, 6.07) is 8.45. The quantitative estimate of drug-likeness (QED) is 0.821. The van der Waals surface area contributed by atoms with Crippen LogP contribution in [-0.4, -0.2) is 32.9 Å². The Labute approximate surface area is 106 Å². The lowest BCUT2D eigenvalue weighted by atomic mass is 10.2. The van der Waals surface area contributed by atoms with Crippen LogP contribution in [0.2, 0.25) is 0 Å². The van der Waals surface area contributed by atoms with Crippen molar-refractivity contribution in [2.45, 2.75) is 4.90 Å². The highest BCUT2D eigenvalue weighted by atomic mass is 32.2. The molecule has 5 nitrogen and oxygen atoms in total. The van der Waals surface area contributed by atoms with E-state index in [1.807, 2.05) is 0 Å². The molecule has 0 amide bonds. The Morgan fingerprint density at radius 1 is 1.22 bits per heavy atom. The van der Waals surface area contributed by atoms with Crippen LogP contribution in [0.3, 0.4) is 0 Å². The first-order valence-corrected chi connectivity index (χ1v) is 6.04. The first kappa shape index (κ1) is 12.4. The van der Waals surface area contributed by atoms with Crippen LogP contribution in [0.1, 0.15) is 10.5 Å². The van der Waals surface area contributed by atoms with Gasteiger partial charge in [-0.3, -0.25) is 4.79 Å². The number of hydrogen-bond acceptors (Lipinski definition) is 4. The maximum Gasteiger partial charge on any atom is 0.354 e. The van der Waals surface area contributed by atoms with Crippen molar-refractivity contribution in [3.8, 4) is 0 Å². The molecule has 0 saturated carbocycles. The number of aromatic carboxylic acids is 1. The van der Waals surface area contributed by atoms with Crippen molar-refractivity contribution in [2.75, 3.05) is 5.75 Å². The third kappa shape index (κ3) is 2.60. The van der Waals surface area contributed by atoms with Gasteiger partial charge in [-0.2, -0.15) is 0 Å². The zero-order valence-electron chi connectivity index (χ0n) is 9.16. The number of hydrogen-bond donors (Lipinski definition) is 2. The number of fused-ring (bicyclic) bond motifs is 1. The van der Waals surface area contributed by atoms with E-state index in [-0.39, 0.29) is 11.4 Å². The highest BCUT2D eigenvalue weighted by molar-refractivity contribution is 8.00. The number of carboxylic acid groups (broad SMARTS) is 2. The Bertz CT molecular complexity index is 627. The molecule has 92 valence electrons. The van der Waals surface area contributed by atoms with Crippen LogP contribution in [0.15, 0.2) is 35.2 Å². The van der Waals surface area contributed by atoms with Crippen LogP contribution in [0.25, 0.3) is 10.9 Å². The zero-order valence-corrected chi connectivity index (χ0v) is 9.98. The standard InChI is InChI=1S/C12H9NO4S/c14-11(15)6-18-10-5-9(12(16)17)13-8-4-2-1-3-7(8)10/h1-5H,6H2,(H,14,15)(H,16,17). The summed E-state index contributed by atoms with van der Waals surface area (Å²) in [7, 11) is 0. The Hall–Kier alpha value is -2.08. The number of aliphatic carboxylic acids is 1. The summed E-state index contributed by atoms with van der Waals surface area (Å²) in [6.07, 6.45) is 0. The molecule has 1 heterocycles. The fourth-order valence-corrected chi connectivity index (χ4v) is 2.31. The van der Waals surface area contributed by atoms with Gasteiger partial charge in [-0.15, -0.1) is 11.8 Å². The molecular formula is C12H9NO4S. The van der Waals surface area contributed by atoms with Gasteiger partial charge in [0.2, 0.25) is 0 Å². The molecule has 0 fully saturated rings. The van der Waals surface area contributed by atoms with Crippen molar-refractivity contribution in [1.82, 2.24) is 4.98 Å². The van der Waals surface area contributed by atoms with Crippen LogP contribution in [-0.2, 0) is 4.79 Å². The minimum Gasteiger partial charge on any atom is -0.481 e. The SMILES string of the molecule is O=C(O)CSc1cc(C(=O)O)nc2ccccc12. The second-order valence-corrected chi connectivity index (χ2v) is 4.53. The second-order valence-electron chi connectivity index (χ2n) is 3.51. The Kier molecular flexibility index (Phi) is 3.47. The molecule has 6 heteroatoms. The predicted molar refractivity (Wildman–Crippen MR) is 67.1 cm³/mol. The van der Waals surface area contributed by atoms with Crippen molar-refractivity contribution in [3.63, 3.8) is 0 Å². The minimum atomic E-state index is -1.13. The van der Waals surface area contributed by atoms with E-state index in [1.165, 1.54) is 6.07 Å². The van der Waals surface area contributed by atoms with E-state index in [9.17, 15) is 9.59 Å². The molecular weight excluding hydrogens is 254 g/mol. The molecule has 2 rings (SSSR count). The lowest BCUT2D eigenvalue weighted by Gasteiger charge is -2.06. The molecule has 0 spiro atoms. The molecule has 2 N–H and O–H groups in total. The average Bonchev–Trinajstić information content (AvgIpc) is 2.35. The van der Waals surface area contributed by atoms with Crippen LogP contribution >= 0.6 is 11.8 Å². The van der Waals surface area contributed by atoms with E-state index < -0.39 is 11.9 Å². The van der Waals surface area contributed by atoms with Gasteiger partial charge < -0.3 is 10.2 Å². The third-order valence-electron chi connectivity index (χ3n) is 2.25. The van der Waals surface area contributed by atoms with Gasteiger partial charge in [0.05, 0.1) is 11.3 Å². The fourth-order valence-electron chi connectivity index (χ4n) is 1.51. The van der Waals surface area contributed by atoms with Gasteiger partial charge >= 0.3 is 11.9 Å². The van der Waals surface area contributed by atoms with Gasteiger partial charge in [0.1, 0.15) is 5.69 Å². The Morgan fingerprint density at radius 3 is 2.61 bits per heavy atom. The summed E-state index contributed by atoms with van der Waals surface area (Å²) in [5.41, 5.74) is 0.465. The van der Waals surface area contributed by atoms with E-state index in [0.29, 0.717) is 10.4 Å². The molecule has 0 saturated heterocycles. The monoisotopic (exact) mass is 263 g/mol. The lowest BCUT2D eigenvalue weighted by molar-refractivity contribution is -0.133. The average molecular weight is 263 g/mol. The molecule has 0 unspecified atom stereocenters. The van der Waals surface area contributed by atoms with Crippen LogP contribution in [0.5, 0.6) is 0 Å². The summed E-state index contributed by atoms with van der Waals surface area (Å²) in [4.78, 5) is 26.1. The number of carbonyl (C=O) groups is 2. The van der Waals surface area contributed by atoms with E-state index >= 15 is 0 Å². The molecule has 1 aromatic carbocycles. The summed E-state index contributed by atoms with van der Waals surface area (Å²) in [6.45, 7) is 0. The summed E-state index contributed by atoms with van der Waals surface area (Å²) < 4.78 is 0. The normalized spacial score (nSPS) is 10.4. The zero-order chi connectivity index (χ0) is 13.1. The number of pyridine rings is 1. The van der Waals surface area contributed by atoms with Crippen molar-refractivity contribution in [3.05, 3.63) is 36.0 Å². The number of carboxylic acids is 2. The van der Waals surface area contributed by atoms with Crippen LogP contribution in [0, 0.1) is 0 Å². The molecule has 0 atom stereocenters. The van der Waals surface area contributed by atoms with Crippen LogP contribution < -0.4 is 0 Å². The molecule has 0 bridgehead atoms. The molecule has 18 heavy (non-hydrogen) atoms. The Morgan fingerprint density at radius 2 is 1.94 bits per heavy atom. The first-order valence-electron chi connectivity index (χ1n) is 5.05. The maximum atomic E-state index is 10.9. The van der Waals surface area contributed by atoms with E-state index in [0.717, 1.165) is 17.1 Å². The van der Waals surface area contributed by atoms with Gasteiger partial charge in [0.25, 0.3) is 0 Å². The number of rotatable bonds is 4. The predicted octanol–water partition coefficient (Wildman–Crippen LogP) is 2.11. The van der Waals surface area contributed by atoms with E-state index in [2.05, 4.69) is 4.98 Å². The number of aromatic nitrogens is 1. The van der Waals surface area contributed by atoms with Crippen molar-refractivity contribution in [2.24, 2.45) is 0 Å². The van der Waals surface area contributed by atoms with E-state index in [4.69, 9.17) is 10.2 Å². The first-order chi connectivity index (χ1) is 8.58. The van der Waals surface area contributed by atoms with E-state index in [1.54, 1.807) is 24.3 Å². The van der Waals surface area contributed by atoms with Gasteiger partial charge in [-0.05, 0) is 12.1 Å². The van der Waals surface area contributed by atoms with Gasteiger partial charge in [0.15, 0.2) is 0 Å². The molecule has 1 aromatic heterocycles. The number of nitrogens with zero attached hydrogens (tertiary/aromatic N) is 1. The topological polar surface area (TPSA) is 87.5 Å². The van der Waals surface area contributed by atoms with Gasteiger partial charge in [-0.1, -0.05) is 18.2 Å². The molecule has 0 radical (unpaired) electrons. The Balaban J connectivity index is 2.53. The summed E-state index contributed by atoms with van der Waals surface area (Å²) >= 11 is 1.09. The highest BCUT2D eigenvalue weighted by Crippen LogP contribution is 2.27. The lowest BCUT2D eigenvalue weighted by Crippen LogP contribution is -2.02. The van der Waals surface area contributed by atoms with Crippen molar-refractivity contribution in [1.29, 1.82) is 0 Å². The maximum absolute atomic E-state index is 10.9. The van der Waals surface area contributed by atoms with Crippen LogP contribution in [0.4, 0.5) is 0 Å². The molecule has 0 aliphatic heterocycles. The molecule has 2 aromatic rings. The summed E-state index contributed by atoms with van der Waals surface area (Å²) in [5, 5.41) is 18.4. The number of thioether (sulfide) groups is 1. The molecule has 0 aliphatic rings. The number of benzene rings is 1.